The second-order valence-electron chi connectivity index (χ2n) is 5.40. The van der Waals surface area contributed by atoms with E-state index in [0.717, 1.165) is 5.56 Å². The van der Waals surface area contributed by atoms with Gasteiger partial charge in [0, 0.05) is 5.56 Å². The largest absolute Gasteiger partial charge is 0.383 e. The predicted molar refractivity (Wildman–Crippen MR) is 97.8 cm³/mol. The normalized spacial score (nSPS) is 10.3. The molecule has 4 N–H and O–H groups in total. The number of anilines is 1. The van der Waals surface area contributed by atoms with E-state index in [1.54, 1.807) is 18.2 Å². The number of halogens is 2. The summed E-state index contributed by atoms with van der Waals surface area (Å²) >= 11 is 0. The SMILES string of the molecule is Cl.NCCc1cccc(C(=O)c2cnn(-c3ccc(F)cc3)c2N)c1. The second kappa shape index (κ2) is 7.92. The van der Waals surface area contributed by atoms with Crippen LogP contribution in [0.5, 0.6) is 0 Å². The van der Waals surface area contributed by atoms with E-state index in [9.17, 15) is 9.18 Å². The molecule has 7 heteroatoms. The Morgan fingerprint density at radius 2 is 1.88 bits per heavy atom. The molecule has 0 saturated carbocycles. The van der Waals surface area contributed by atoms with E-state index in [4.69, 9.17) is 11.5 Å². The van der Waals surface area contributed by atoms with Crippen LogP contribution >= 0.6 is 12.4 Å². The number of carbonyl (C=O) groups is 1. The summed E-state index contributed by atoms with van der Waals surface area (Å²) in [6.07, 6.45) is 2.13. The minimum atomic E-state index is -0.350. The highest BCUT2D eigenvalue weighted by Gasteiger charge is 2.18. The molecular weight excluding hydrogens is 343 g/mol. The van der Waals surface area contributed by atoms with Crippen LogP contribution in [0.4, 0.5) is 10.2 Å². The van der Waals surface area contributed by atoms with Crippen molar-refractivity contribution in [2.24, 2.45) is 5.73 Å². The summed E-state index contributed by atoms with van der Waals surface area (Å²) in [6.45, 7) is 0.516. The molecule has 0 unspecified atom stereocenters. The van der Waals surface area contributed by atoms with Crippen molar-refractivity contribution in [1.82, 2.24) is 9.78 Å². The minimum Gasteiger partial charge on any atom is -0.383 e. The number of benzene rings is 2. The number of hydrogen-bond donors (Lipinski definition) is 2. The lowest BCUT2D eigenvalue weighted by molar-refractivity contribution is 0.103. The molecule has 0 aliphatic rings. The maximum Gasteiger partial charge on any atom is 0.198 e. The van der Waals surface area contributed by atoms with Crippen LogP contribution in [0.15, 0.2) is 54.7 Å². The fraction of sp³-hybridized carbons (Fsp3) is 0.111. The van der Waals surface area contributed by atoms with Crippen molar-refractivity contribution >= 4 is 24.0 Å². The molecule has 2 aromatic carbocycles. The smallest absolute Gasteiger partial charge is 0.198 e. The van der Waals surface area contributed by atoms with Crippen LogP contribution in [0.1, 0.15) is 21.5 Å². The molecule has 25 heavy (non-hydrogen) atoms. The summed E-state index contributed by atoms with van der Waals surface area (Å²) in [6, 6.07) is 13.0. The molecule has 0 spiro atoms. The van der Waals surface area contributed by atoms with E-state index in [0.29, 0.717) is 29.8 Å². The Bertz CT molecular complexity index is 877. The van der Waals surface area contributed by atoms with Gasteiger partial charge in [-0.25, -0.2) is 9.07 Å². The zero-order valence-electron chi connectivity index (χ0n) is 13.4. The summed E-state index contributed by atoms with van der Waals surface area (Å²) in [4.78, 5) is 12.7. The highest BCUT2D eigenvalue weighted by molar-refractivity contribution is 6.11. The van der Waals surface area contributed by atoms with E-state index in [2.05, 4.69) is 5.10 Å². The van der Waals surface area contributed by atoms with Crippen LogP contribution in [-0.4, -0.2) is 22.1 Å². The fourth-order valence-corrected chi connectivity index (χ4v) is 2.51. The number of rotatable bonds is 5. The third-order valence-corrected chi connectivity index (χ3v) is 3.74. The molecule has 0 aliphatic carbocycles. The number of nitrogen functional groups attached to an aromatic ring is 1. The highest BCUT2D eigenvalue weighted by atomic mass is 35.5. The summed E-state index contributed by atoms with van der Waals surface area (Å²) in [5.74, 6) is -0.340. The van der Waals surface area contributed by atoms with Crippen molar-refractivity contribution in [2.45, 2.75) is 6.42 Å². The summed E-state index contributed by atoms with van der Waals surface area (Å²) in [7, 11) is 0. The summed E-state index contributed by atoms with van der Waals surface area (Å²) < 4.78 is 14.4. The van der Waals surface area contributed by atoms with Gasteiger partial charge in [-0.2, -0.15) is 5.10 Å². The Labute approximate surface area is 150 Å². The van der Waals surface area contributed by atoms with Gasteiger partial charge in [0.1, 0.15) is 11.6 Å². The van der Waals surface area contributed by atoms with Crippen molar-refractivity contribution in [3.8, 4) is 5.69 Å². The van der Waals surface area contributed by atoms with Crippen molar-refractivity contribution in [2.75, 3.05) is 12.3 Å². The van der Waals surface area contributed by atoms with Crippen LogP contribution in [0.3, 0.4) is 0 Å². The summed E-state index contributed by atoms with van der Waals surface area (Å²) in [5, 5.41) is 4.15. The lowest BCUT2D eigenvalue weighted by atomic mass is 10.0. The van der Waals surface area contributed by atoms with E-state index in [1.807, 2.05) is 18.2 Å². The number of aromatic nitrogens is 2. The van der Waals surface area contributed by atoms with Gasteiger partial charge in [0.2, 0.25) is 0 Å². The molecule has 0 bridgehead atoms. The van der Waals surface area contributed by atoms with Gasteiger partial charge in [0.15, 0.2) is 5.78 Å². The van der Waals surface area contributed by atoms with Crippen LogP contribution < -0.4 is 11.5 Å². The maximum absolute atomic E-state index is 13.0. The number of nitrogens with two attached hydrogens (primary N) is 2. The third kappa shape index (κ3) is 3.87. The first-order valence-electron chi connectivity index (χ1n) is 7.53. The Morgan fingerprint density at radius 1 is 1.16 bits per heavy atom. The standard InChI is InChI=1S/C18H17FN4O.ClH/c19-14-4-6-15(7-5-14)23-18(21)16(11-22-23)17(24)13-3-1-2-12(10-13)8-9-20;/h1-7,10-11H,8-9,20-21H2;1H. The number of carbonyl (C=O) groups excluding carboxylic acids is 1. The van der Waals surface area contributed by atoms with Gasteiger partial charge < -0.3 is 11.5 Å². The first-order chi connectivity index (χ1) is 11.6. The quantitative estimate of drug-likeness (QED) is 0.685. The molecule has 130 valence electrons. The Kier molecular flexibility index (Phi) is 5.90. The van der Waals surface area contributed by atoms with Gasteiger partial charge >= 0.3 is 0 Å². The molecule has 0 saturated heterocycles. The maximum atomic E-state index is 13.0. The Hall–Kier alpha value is -2.70. The molecule has 5 nitrogen and oxygen atoms in total. The van der Waals surface area contributed by atoms with Crippen molar-refractivity contribution in [3.63, 3.8) is 0 Å². The monoisotopic (exact) mass is 360 g/mol. The zero-order chi connectivity index (χ0) is 17.1. The molecule has 3 rings (SSSR count). The van der Waals surface area contributed by atoms with Gasteiger partial charge in [0.25, 0.3) is 0 Å². The van der Waals surface area contributed by atoms with Crippen LogP contribution in [0, 0.1) is 5.82 Å². The van der Waals surface area contributed by atoms with Gasteiger partial charge in [-0.1, -0.05) is 18.2 Å². The third-order valence-electron chi connectivity index (χ3n) is 3.74. The lowest BCUT2D eigenvalue weighted by Gasteiger charge is -2.06. The van der Waals surface area contributed by atoms with Gasteiger partial charge in [0.05, 0.1) is 17.4 Å². The van der Waals surface area contributed by atoms with Gasteiger partial charge in [-0.05, 0) is 48.9 Å². The van der Waals surface area contributed by atoms with E-state index < -0.39 is 0 Å². The van der Waals surface area contributed by atoms with Crippen LogP contribution in [0.2, 0.25) is 0 Å². The molecule has 0 amide bonds. The molecule has 0 aliphatic heterocycles. The Morgan fingerprint density at radius 3 is 2.56 bits per heavy atom. The van der Waals surface area contributed by atoms with Crippen molar-refractivity contribution in [3.05, 3.63) is 77.2 Å². The van der Waals surface area contributed by atoms with E-state index in [1.165, 1.54) is 23.0 Å². The van der Waals surface area contributed by atoms with Crippen LogP contribution in [0.25, 0.3) is 5.69 Å². The molecule has 1 aromatic heterocycles. The highest BCUT2D eigenvalue weighted by Crippen LogP contribution is 2.21. The topological polar surface area (TPSA) is 86.9 Å². The molecular formula is C18H18ClFN4O. The van der Waals surface area contributed by atoms with Crippen LogP contribution in [-0.2, 0) is 6.42 Å². The Balaban J connectivity index is 0.00000225. The molecule has 3 aromatic rings. The fourth-order valence-electron chi connectivity index (χ4n) is 2.51. The first-order valence-corrected chi connectivity index (χ1v) is 7.53. The zero-order valence-corrected chi connectivity index (χ0v) is 14.2. The van der Waals surface area contributed by atoms with Crippen molar-refractivity contribution < 1.29 is 9.18 Å². The van der Waals surface area contributed by atoms with E-state index in [-0.39, 0.29) is 29.8 Å². The average molecular weight is 361 g/mol. The second-order valence-corrected chi connectivity index (χ2v) is 5.40. The predicted octanol–water partition coefficient (Wildman–Crippen LogP) is 2.75. The van der Waals surface area contributed by atoms with Crippen molar-refractivity contribution in [1.29, 1.82) is 0 Å². The number of hydrogen-bond acceptors (Lipinski definition) is 4. The minimum absolute atomic E-state index is 0. The summed E-state index contributed by atoms with van der Waals surface area (Å²) in [5.41, 5.74) is 14.1. The lowest BCUT2D eigenvalue weighted by Crippen LogP contribution is -2.08. The average Bonchev–Trinajstić information content (AvgIpc) is 2.97. The molecule has 0 atom stereocenters. The molecule has 0 radical (unpaired) electrons. The van der Waals surface area contributed by atoms with Gasteiger partial charge in [-0.15, -0.1) is 12.4 Å². The molecule has 1 heterocycles. The molecule has 0 fully saturated rings. The number of ketones is 1. The number of nitrogens with zero attached hydrogens (tertiary/aromatic N) is 2. The first kappa shape index (κ1) is 18.6. The van der Waals surface area contributed by atoms with E-state index >= 15 is 0 Å². The van der Waals surface area contributed by atoms with Gasteiger partial charge in [-0.3, -0.25) is 4.79 Å².